The van der Waals surface area contributed by atoms with Crippen molar-refractivity contribution in [2.45, 2.75) is 45.1 Å². The van der Waals surface area contributed by atoms with Crippen molar-refractivity contribution >= 4 is 40.1 Å². The van der Waals surface area contributed by atoms with Gasteiger partial charge in [-0.1, -0.05) is 18.2 Å². The van der Waals surface area contributed by atoms with Crippen molar-refractivity contribution in [3.63, 3.8) is 0 Å². The second-order valence-electron chi connectivity index (χ2n) is 11.2. The molecule has 2 aromatic heterocycles. The number of benzene rings is 2. The van der Waals surface area contributed by atoms with Gasteiger partial charge in [-0.15, -0.1) is 0 Å². The van der Waals surface area contributed by atoms with E-state index in [1.54, 1.807) is 24.4 Å². The fourth-order valence-electron chi connectivity index (χ4n) is 4.93. The Morgan fingerprint density at radius 3 is 2.66 bits per heavy atom. The lowest BCUT2D eigenvalue weighted by atomic mass is 9.85. The quantitative estimate of drug-likeness (QED) is 0.326. The third-order valence-corrected chi connectivity index (χ3v) is 7.79. The third kappa shape index (κ3) is 6.10. The first-order valence-corrected chi connectivity index (χ1v) is 13.7. The molecule has 1 aliphatic heterocycles. The molecule has 0 saturated carbocycles. The predicted octanol–water partition coefficient (Wildman–Crippen LogP) is 5.06. The summed E-state index contributed by atoms with van der Waals surface area (Å²) in [4.78, 5) is 35.9. The number of nitrogens with one attached hydrogen (secondary N) is 2. The Bertz CT molecular complexity index is 1620. The summed E-state index contributed by atoms with van der Waals surface area (Å²) in [6.45, 7) is 7.75. The SMILES string of the molecule is Cc1ccc(NC(=O)c2cccc(C(C)(C)C#N)c2)cc1Nc1ncnc2cnc(N(C)C3CCN(C)CC3)nc12. The normalized spacial score (nSPS) is 14.4. The summed E-state index contributed by atoms with van der Waals surface area (Å²) in [5, 5.41) is 15.9. The number of anilines is 4. The van der Waals surface area contributed by atoms with Gasteiger partial charge in [0, 0.05) is 30.0 Å². The molecule has 10 heteroatoms. The van der Waals surface area contributed by atoms with Crippen LogP contribution in [-0.4, -0.2) is 64.0 Å². The van der Waals surface area contributed by atoms with Gasteiger partial charge >= 0.3 is 0 Å². The zero-order valence-corrected chi connectivity index (χ0v) is 24.1. The fourth-order valence-corrected chi connectivity index (χ4v) is 4.93. The number of rotatable bonds is 7. The Morgan fingerprint density at radius 1 is 1.12 bits per heavy atom. The van der Waals surface area contributed by atoms with E-state index in [1.807, 2.05) is 52.1 Å². The van der Waals surface area contributed by atoms with E-state index < -0.39 is 5.41 Å². The second kappa shape index (κ2) is 11.5. The predicted molar refractivity (Wildman–Crippen MR) is 162 cm³/mol. The lowest BCUT2D eigenvalue weighted by Crippen LogP contribution is -2.42. The summed E-state index contributed by atoms with van der Waals surface area (Å²) >= 11 is 0. The van der Waals surface area contributed by atoms with E-state index >= 15 is 0 Å². The number of carbonyl (C=O) groups excluding carboxylic acids is 1. The molecule has 0 aliphatic carbocycles. The average Bonchev–Trinajstić information content (AvgIpc) is 2.99. The molecule has 1 fully saturated rings. The number of aromatic nitrogens is 4. The molecule has 1 amide bonds. The molecule has 0 spiro atoms. The Balaban J connectivity index is 1.38. The van der Waals surface area contributed by atoms with Crippen LogP contribution < -0.4 is 15.5 Å². The molecule has 2 aromatic carbocycles. The number of nitrogens with zero attached hydrogens (tertiary/aromatic N) is 7. The lowest BCUT2D eigenvalue weighted by Gasteiger charge is -2.35. The van der Waals surface area contributed by atoms with Crippen LogP contribution in [0.1, 0.15) is 48.2 Å². The lowest BCUT2D eigenvalue weighted by molar-refractivity contribution is 0.102. The topological polar surface area (TPSA) is 123 Å². The van der Waals surface area contributed by atoms with Crippen LogP contribution in [0.15, 0.2) is 55.0 Å². The van der Waals surface area contributed by atoms with Crippen LogP contribution in [-0.2, 0) is 5.41 Å². The number of hydrogen-bond acceptors (Lipinski definition) is 9. The Labute approximate surface area is 240 Å². The zero-order valence-electron chi connectivity index (χ0n) is 24.1. The standard InChI is InChI=1S/C31H35N9O/c1-20-9-10-23(36-29(41)21-7-6-8-22(15-21)31(2,3)18-32)16-25(20)37-28-27-26(34-19-35-28)17-33-30(38-27)40(5)24-11-13-39(4)14-12-24/h6-10,15-17,19,24H,11-14H2,1-5H3,(H,36,41)(H,34,35,37). The van der Waals surface area contributed by atoms with E-state index in [-0.39, 0.29) is 5.91 Å². The zero-order chi connectivity index (χ0) is 29.1. The smallest absolute Gasteiger partial charge is 0.255 e. The van der Waals surface area contributed by atoms with Gasteiger partial charge in [-0.05, 0) is 89.1 Å². The maximum Gasteiger partial charge on any atom is 0.255 e. The van der Waals surface area contributed by atoms with Crippen LogP contribution in [0.25, 0.3) is 11.0 Å². The van der Waals surface area contributed by atoms with E-state index in [1.165, 1.54) is 6.33 Å². The molecule has 1 saturated heterocycles. The maximum atomic E-state index is 13.1. The highest BCUT2D eigenvalue weighted by Gasteiger charge is 2.23. The van der Waals surface area contributed by atoms with Gasteiger partial charge in [0.1, 0.15) is 17.4 Å². The maximum absolute atomic E-state index is 13.1. The van der Waals surface area contributed by atoms with Crippen molar-refractivity contribution in [1.29, 1.82) is 5.26 Å². The van der Waals surface area contributed by atoms with Crippen LogP contribution >= 0.6 is 0 Å². The Hall–Kier alpha value is -4.62. The van der Waals surface area contributed by atoms with Gasteiger partial charge in [0.15, 0.2) is 5.82 Å². The van der Waals surface area contributed by atoms with Gasteiger partial charge in [-0.25, -0.2) is 19.9 Å². The third-order valence-electron chi connectivity index (χ3n) is 7.79. The molecular formula is C31H35N9O. The van der Waals surface area contributed by atoms with Gasteiger partial charge < -0.3 is 20.4 Å². The molecule has 0 atom stereocenters. The number of piperidine rings is 1. The molecule has 1 aliphatic rings. The minimum absolute atomic E-state index is 0.253. The van der Waals surface area contributed by atoms with Crippen LogP contribution in [0.2, 0.25) is 0 Å². The van der Waals surface area contributed by atoms with Crippen LogP contribution in [0, 0.1) is 18.3 Å². The van der Waals surface area contributed by atoms with Crippen LogP contribution in [0.5, 0.6) is 0 Å². The van der Waals surface area contributed by atoms with Gasteiger partial charge in [0.25, 0.3) is 5.91 Å². The van der Waals surface area contributed by atoms with E-state index in [0.717, 1.165) is 42.7 Å². The van der Waals surface area contributed by atoms with Crippen molar-refractivity contribution in [1.82, 2.24) is 24.8 Å². The van der Waals surface area contributed by atoms with Crippen LogP contribution in [0.3, 0.4) is 0 Å². The summed E-state index contributed by atoms with van der Waals surface area (Å²) in [5.74, 6) is 0.954. The first kappa shape index (κ1) is 27.9. The first-order valence-electron chi connectivity index (χ1n) is 13.7. The number of carbonyl (C=O) groups is 1. The largest absolute Gasteiger partial charge is 0.341 e. The highest BCUT2D eigenvalue weighted by atomic mass is 16.1. The first-order chi connectivity index (χ1) is 19.6. The molecule has 2 N–H and O–H groups in total. The monoisotopic (exact) mass is 549 g/mol. The van der Waals surface area contributed by atoms with E-state index in [2.05, 4.69) is 48.5 Å². The Morgan fingerprint density at radius 2 is 1.90 bits per heavy atom. The molecule has 3 heterocycles. The van der Waals surface area contributed by atoms with Crippen molar-refractivity contribution < 1.29 is 4.79 Å². The fraction of sp³-hybridized carbons (Fsp3) is 0.355. The van der Waals surface area contributed by atoms with Gasteiger partial charge in [0.05, 0.1) is 17.7 Å². The summed E-state index contributed by atoms with van der Waals surface area (Å²) in [6, 6.07) is 15.5. The minimum Gasteiger partial charge on any atom is -0.341 e. The molecule has 0 radical (unpaired) electrons. The molecule has 0 bridgehead atoms. The number of aryl methyl sites for hydroxylation is 1. The molecule has 4 aromatic rings. The van der Waals surface area contributed by atoms with Gasteiger partial charge in [0.2, 0.25) is 5.95 Å². The van der Waals surface area contributed by atoms with Crippen molar-refractivity contribution in [3.8, 4) is 6.07 Å². The van der Waals surface area contributed by atoms with Gasteiger partial charge in [-0.2, -0.15) is 5.26 Å². The van der Waals surface area contributed by atoms with E-state index in [9.17, 15) is 10.1 Å². The highest BCUT2D eigenvalue weighted by molar-refractivity contribution is 6.04. The molecular weight excluding hydrogens is 514 g/mol. The summed E-state index contributed by atoms with van der Waals surface area (Å²) in [6.07, 6.45) is 5.35. The summed E-state index contributed by atoms with van der Waals surface area (Å²) in [7, 11) is 4.19. The van der Waals surface area contributed by atoms with Crippen molar-refractivity contribution in [2.24, 2.45) is 0 Å². The average molecular weight is 550 g/mol. The van der Waals surface area contributed by atoms with E-state index in [0.29, 0.717) is 40.1 Å². The van der Waals surface area contributed by atoms with Crippen LogP contribution in [0.4, 0.5) is 23.1 Å². The number of amides is 1. The van der Waals surface area contributed by atoms with Gasteiger partial charge in [-0.3, -0.25) is 4.79 Å². The Kier molecular flexibility index (Phi) is 7.81. The summed E-state index contributed by atoms with van der Waals surface area (Å²) in [5.41, 5.74) is 4.24. The number of hydrogen-bond donors (Lipinski definition) is 2. The second-order valence-corrected chi connectivity index (χ2v) is 11.2. The minimum atomic E-state index is -0.692. The summed E-state index contributed by atoms with van der Waals surface area (Å²) < 4.78 is 0. The number of likely N-dealkylation sites (tertiary alicyclic amines) is 1. The van der Waals surface area contributed by atoms with Crippen molar-refractivity contribution in [3.05, 3.63) is 71.7 Å². The molecule has 0 unspecified atom stereocenters. The molecule has 5 rings (SSSR count). The highest BCUT2D eigenvalue weighted by Crippen LogP contribution is 2.29. The molecule has 210 valence electrons. The van der Waals surface area contributed by atoms with Crippen molar-refractivity contribution in [2.75, 3.05) is 42.7 Å². The molecule has 10 nitrogen and oxygen atoms in total. The number of nitriles is 1. The van der Waals surface area contributed by atoms with E-state index in [4.69, 9.17) is 4.98 Å². The number of fused-ring (bicyclic) bond motifs is 1. The molecule has 41 heavy (non-hydrogen) atoms.